The quantitative estimate of drug-likeness (QED) is 0.898. The SMILES string of the molecule is CNc1ncnc(-c2cncc(C)c2)c1C(C)C. The Balaban J connectivity index is 2.63. The van der Waals surface area contributed by atoms with E-state index in [2.05, 4.69) is 40.2 Å². The molecule has 0 aliphatic heterocycles. The number of nitrogens with zero attached hydrogens (tertiary/aromatic N) is 3. The molecule has 0 saturated carbocycles. The molecule has 0 saturated heterocycles. The van der Waals surface area contributed by atoms with E-state index in [1.165, 1.54) is 0 Å². The molecule has 0 aromatic carbocycles. The molecule has 0 fully saturated rings. The van der Waals surface area contributed by atoms with E-state index >= 15 is 0 Å². The number of aryl methyl sites for hydroxylation is 1. The van der Waals surface area contributed by atoms with Gasteiger partial charge in [0, 0.05) is 30.6 Å². The highest BCUT2D eigenvalue weighted by Gasteiger charge is 2.15. The lowest BCUT2D eigenvalue weighted by Gasteiger charge is -2.15. The van der Waals surface area contributed by atoms with E-state index < -0.39 is 0 Å². The maximum Gasteiger partial charge on any atom is 0.133 e. The van der Waals surface area contributed by atoms with Crippen molar-refractivity contribution in [3.8, 4) is 11.3 Å². The lowest BCUT2D eigenvalue weighted by Crippen LogP contribution is -2.04. The first-order valence-electron chi connectivity index (χ1n) is 6.08. The second-order valence-corrected chi connectivity index (χ2v) is 4.64. The molecule has 2 rings (SSSR count). The predicted octanol–water partition coefficient (Wildman–Crippen LogP) is 3.01. The first-order valence-corrected chi connectivity index (χ1v) is 6.08. The normalized spacial score (nSPS) is 10.7. The number of pyridine rings is 1. The summed E-state index contributed by atoms with van der Waals surface area (Å²) in [5, 5.41) is 3.13. The van der Waals surface area contributed by atoms with Crippen molar-refractivity contribution in [2.45, 2.75) is 26.7 Å². The molecule has 2 aromatic heterocycles. The molecule has 0 aliphatic rings. The Morgan fingerprint density at radius 2 is 1.94 bits per heavy atom. The summed E-state index contributed by atoms with van der Waals surface area (Å²) in [6.45, 7) is 6.32. The van der Waals surface area contributed by atoms with E-state index in [0.29, 0.717) is 5.92 Å². The fourth-order valence-electron chi connectivity index (χ4n) is 2.06. The molecule has 0 spiro atoms. The highest BCUT2D eigenvalue weighted by atomic mass is 15.0. The van der Waals surface area contributed by atoms with Crippen LogP contribution in [0.3, 0.4) is 0 Å². The van der Waals surface area contributed by atoms with Crippen LogP contribution < -0.4 is 5.32 Å². The summed E-state index contributed by atoms with van der Waals surface area (Å²) in [4.78, 5) is 12.9. The third kappa shape index (κ3) is 2.32. The van der Waals surface area contributed by atoms with Gasteiger partial charge in [0.1, 0.15) is 12.1 Å². The summed E-state index contributed by atoms with van der Waals surface area (Å²) in [5.41, 5.74) is 4.26. The van der Waals surface area contributed by atoms with Gasteiger partial charge >= 0.3 is 0 Å². The highest BCUT2D eigenvalue weighted by molar-refractivity contribution is 5.68. The van der Waals surface area contributed by atoms with Gasteiger partial charge in [0.15, 0.2) is 0 Å². The van der Waals surface area contributed by atoms with Crippen LogP contribution >= 0.6 is 0 Å². The van der Waals surface area contributed by atoms with Gasteiger partial charge in [0.25, 0.3) is 0 Å². The molecule has 4 nitrogen and oxygen atoms in total. The topological polar surface area (TPSA) is 50.7 Å². The lowest BCUT2D eigenvalue weighted by atomic mass is 9.98. The third-order valence-corrected chi connectivity index (χ3v) is 2.85. The van der Waals surface area contributed by atoms with E-state index in [1.54, 1.807) is 6.33 Å². The van der Waals surface area contributed by atoms with Crippen LogP contribution in [0.25, 0.3) is 11.3 Å². The van der Waals surface area contributed by atoms with E-state index in [0.717, 1.165) is 28.2 Å². The monoisotopic (exact) mass is 242 g/mol. The van der Waals surface area contributed by atoms with Crippen molar-refractivity contribution >= 4 is 5.82 Å². The van der Waals surface area contributed by atoms with Crippen LogP contribution in [-0.2, 0) is 0 Å². The molecule has 0 amide bonds. The molecule has 0 unspecified atom stereocenters. The summed E-state index contributed by atoms with van der Waals surface area (Å²) < 4.78 is 0. The Morgan fingerprint density at radius 1 is 1.17 bits per heavy atom. The van der Waals surface area contributed by atoms with Crippen molar-refractivity contribution in [3.05, 3.63) is 35.9 Å². The number of anilines is 1. The summed E-state index contributed by atoms with van der Waals surface area (Å²) in [6, 6.07) is 2.10. The average Bonchev–Trinajstić information content (AvgIpc) is 2.37. The van der Waals surface area contributed by atoms with Crippen LogP contribution in [0.15, 0.2) is 24.8 Å². The molecular weight excluding hydrogens is 224 g/mol. The second-order valence-electron chi connectivity index (χ2n) is 4.64. The number of aromatic nitrogens is 3. The van der Waals surface area contributed by atoms with E-state index in [4.69, 9.17) is 0 Å². The molecule has 0 aliphatic carbocycles. The van der Waals surface area contributed by atoms with Gasteiger partial charge in [-0.25, -0.2) is 9.97 Å². The number of rotatable bonds is 3. The molecule has 0 radical (unpaired) electrons. The maximum absolute atomic E-state index is 4.43. The van der Waals surface area contributed by atoms with Crippen LogP contribution in [0, 0.1) is 6.92 Å². The van der Waals surface area contributed by atoms with E-state index in [1.807, 2.05) is 26.4 Å². The van der Waals surface area contributed by atoms with Crippen LogP contribution in [0.1, 0.15) is 30.9 Å². The van der Waals surface area contributed by atoms with Gasteiger partial charge < -0.3 is 5.32 Å². The first kappa shape index (κ1) is 12.5. The van der Waals surface area contributed by atoms with Gasteiger partial charge in [-0.15, -0.1) is 0 Å². The molecule has 1 N–H and O–H groups in total. The number of hydrogen-bond acceptors (Lipinski definition) is 4. The standard InChI is InChI=1S/C14H18N4/c1-9(2)12-13(17-8-18-14(12)15-4)11-5-10(3)6-16-7-11/h5-9H,1-4H3,(H,15,17,18). The minimum absolute atomic E-state index is 0.351. The molecule has 2 aromatic rings. The van der Waals surface area contributed by atoms with Gasteiger partial charge in [-0.1, -0.05) is 13.8 Å². The van der Waals surface area contributed by atoms with Gasteiger partial charge in [-0.3, -0.25) is 4.98 Å². The third-order valence-electron chi connectivity index (χ3n) is 2.85. The first-order chi connectivity index (χ1) is 8.63. The van der Waals surface area contributed by atoms with Crippen LogP contribution in [0.4, 0.5) is 5.82 Å². The van der Waals surface area contributed by atoms with Crippen LogP contribution in [0.2, 0.25) is 0 Å². The molecular formula is C14H18N4. The van der Waals surface area contributed by atoms with Crippen LogP contribution in [-0.4, -0.2) is 22.0 Å². The minimum atomic E-state index is 0.351. The van der Waals surface area contributed by atoms with Crippen molar-refractivity contribution in [1.82, 2.24) is 15.0 Å². The molecule has 18 heavy (non-hydrogen) atoms. The second kappa shape index (κ2) is 5.12. The Hall–Kier alpha value is -1.97. The summed E-state index contributed by atoms with van der Waals surface area (Å²) in [7, 11) is 1.88. The van der Waals surface area contributed by atoms with Crippen molar-refractivity contribution < 1.29 is 0 Å². The van der Waals surface area contributed by atoms with E-state index in [9.17, 15) is 0 Å². The smallest absolute Gasteiger partial charge is 0.133 e. The maximum atomic E-state index is 4.43. The van der Waals surface area contributed by atoms with Crippen molar-refractivity contribution in [1.29, 1.82) is 0 Å². The van der Waals surface area contributed by atoms with E-state index in [-0.39, 0.29) is 0 Å². The number of hydrogen-bond donors (Lipinski definition) is 1. The largest absolute Gasteiger partial charge is 0.373 e. The fraction of sp³-hybridized carbons (Fsp3) is 0.357. The van der Waals surface area contributed by atoms with Gasteiger partial charge in [0.2, 0.25) is 0 Å². The zero-order valence-corrected chi connectivity index (χ0v) is 11.2. The minimum Gasteiger partial charge on any atom is -0.373 e. The van der Waals surface area contributed by atoms with Crippen molar-refractivity contribution in [3.63, 3.8) is 0 Å². The summed E-state index contributed by atoms with van der Waals surface area (Å²) in [6.07, 6.45) is 5.29. The Bertz CT molecular complexity index is 549. The van der Waals surface area contributed by atoms with Gasteiger partial charge in [-0.2, -0.15) is 0 Å². The summed E-state index contributed by atoms with van der Waals surface area (Å²) in [5.74, 6) is 1.24. The average molecular weight is 242 g/mol. The Labute approximate surface area is 108 Å². The van der Waals surface area contributed by atoms with Gasteiger partial charge in [0.05, 0.1) is 5.69 Å². The molecule has 4 heteroatoms. The molecule has 0 bridgehead atoms. The fourth-order valence-corrected chi connectivity index (χ4v) is 2.06. The molecule has 94 valence electrons. The Morgan fingerprint density at radius 3 is 2.56 bits per heavy atom. The van der Waals surface area contributed by atoms with Gasteiger partial charge in [-0.05, 0) is 24.5 Å². The highest BCUT2D eigenvalue weighted by Crippen LogP contribution is 2.31. The summed E-state index contributed by atoms with van der Waals surface area (Å²) >= 11 is 0. The number of nitrogens with one attached hydrogen (secondary N) is 1. The molecule has 0 atom stereocenters. The Kier molecular flexibility index (Phi) is 3.55. The lowest BCUT2D eigenvalue weighted by molar-refractivity contribution is 0.852. The zero-order valence-electron chi connectivity index (χ0n) is 11.2. The zero-order chi connectivity index (χ0) is 13.1. The van der Waals surface area contributed by atoms with Crippen molar-refractivity contribution in [2.75, 3.05) is 12.4 Å². The predicted molar refractivity (Wildman–Crippen MR) is 73.6 cm³/mol. The van der Waals surface area contributed by atoms with Crippen molar-refractivity contribution in [2.24, 2.45) is 0 Å². The molecule has 2 heterocycles. The van der Waals surface area contributed by atoms with Crippen LogP contribution in [0.5, 0.6) is 0 Å².